The zero-order valence-corrected chi connectivity index (χ0v) is 22.1. The Labute approximate surface area is 224 Å². The molecule has 10 nitrogen and oxygen atoms in total. The van der Waals surface area contributed by atoms with Gasteiger partial charge in [0.05, 0.1) is 31.0 Å². The van der Waals surface area contributed by atoms with Gasteiger partial charge in [-0.3, -0.25) is 0 Å². The molecule has 2 fully saturated rings. The second kappa shape index (κ2) is 11.1. The summed E-state index contributed by atoms with van der Waals surface area (Å²) in [7, 11) is 0. The van der Waals surface area contributed by atoms with Crippen molar-refractivity contribution in [1.29, 1.82) is 0 Å². The molecule has 0 spiro atoms. The van der Waals surface area contributed by atoms with Gasteiger partial charge in [-0.2, -0.15) is 4.39 Å². The number of likely N-dealkylation sites (tertiary alicyclic amines) is 1. The molecule has 2 saturated heterocycles. The van der Waals surface area contributed by atoms with Crippen molar-refractivity contribution in [3.8, 4) is 11.6 Å². The number of hydrogen-bond acceptors (Lipinski definition) is 9. The van der Waals surface area contributed by atoms with E-state index in [2.05, 4.69) is 20.3 Å². The predicted octanol–water partition coefficient (Wildman–Crippen LogP) is 4.85. The molecule has 39 heavy (non-hydrogen) atoms. The smallest absolute Gasteiger partial charge is 0.410 e. The van der Waals surface area contributed by atoms with E-state index < -0.39 is 23.3 Å². The predicted molar refractivity (Wildman–Crippen MR) is 138 cm³/mol. The highest BCUT2D eigenvalue weighted by Gasteiger charge is 2.31. The molecule has 1 aromatic carbocycles. The van der Waals surface area contributed by atoms with Gasteiger partial charge in [0, 0.05) is 31.6 Å². The Morgan fingerprint density at radius 1 is 1.15 bits per heavy atom. The van der Waals surface area contributed by atoms with E-state index in [0.717, 1.165) is 6.42 Å². The summed E-state index contributed by atoms with van der Waals surface area (Å²) in [6.45, 7) is 7.76. The number of carbonyl (C=O) groups excluding carboxylic acids is 1. The number of fused-ring (bicyclic) bond motifs is 1. The van der Waals surface area contributed by atoms with E-state index in [4.69, 9.17) is 18.9 Å². The fourth-order valence-electron chi connectivity index (χ4n) is 4.36. The van der Waals surface area contributed by atoms with Gasteiger partial charge in [0.1, 0.15) is 23.5 Å². The number of rotatable bonds is 7. The highest BCUT2D eigenvalue weighted by atomic mass is 19.2. The molecule has 0 bridgehead atoms. The van der Waals surface area contributed by atoms with Crippen molar-refractivity contribution in [1.82, 2.24) is 19.9 Å². The van der Waals surface area contributed by atoms with Crippen LogP contribution in [0.1, 0.15) is 33.6 Å². The molecule has 3 aromatic rings. The molecule has 4 heterocycles. The number of amides is 1. The molecule has 0 radical (unpaired) electrons. The Balaban J connectivity index is 1.28. The molecule has 5 rings (SSSR count). The van der Waals surface area contributed by atoms with Gasteiger partial charge < -0.3 is 29.2 Å². The van der Waals surface area contributed by atoms with Gasteiger partial charge in [0.15, 0.2) is 17.4 Å². The Bertz CT molecular complexity index is 1350. The second-order valence-corrected chi connectivity index (χ2v) is 10.6. The van der Waals surface area contributed by atoms with Crippen LogP contribution in [0.3, 0.4) is 0 Å². The van der Waals surface area contributed by atoms with Gasteiger partial charge in [0.25, 0.3) is 0 Å². The molecule has 12 heteroatoms. The molecular formula is C27H31F2N5O5. The van der Waals surface area contributed by atoms with Gasteiger partial charge in [-0.15, -0.1) is 0 Å². The highest BCUT2D eigenvalue weighted by Crippen LogP contribution is 2.31. The summed E-state index contributed by atoms with van der Waals surface area (Å²) < 4.78 is 51.9. The summed E-state index contributed by atoms with van der Waals surface area (Å²) in [4.78, 5) is 26.9. The van der Waals surface area contributed by atoms with Crippen LogP contribution in [0.4, 0.5) is 25.1 Å². The first kappa shape index (κ1) is 26.8. The molecule has 208 valence electrons. The summed E-state index contributed by atoms with van der Waals surface area (Å²) in [5.74, 6) is -1.72. The second-order valence-electron chi connectivity index (χ2n) is 10.6. The number of pyridine rings is 1. The number of anilines is 2. The average molecular weight is 544 g/mol. The van der Waals surface area contributed by atoms with Gasteiger partial charge in [-0.25, -0.2) is 24.1 Å². The van der Waals surface area contributed by atoms with Crippen LogP contribution in [0.2, 0.25) is 0 Å². The van der Waals surface area contributed by atoms with E-state index in [1.54, 1.807) is 17.0 Å². The fourth-order valence-corrected chi connectivity index (χ4v) is 4.36. The van der Waals surface area contributed by atoms with Crippen LogP contribution in [-0.2, 0) is 9.47 Å². The van der Waals surface area contributed by atoms with E-state index in [-0.39, 0.29) is 35.9 Å². The minimum Gasteiger partial charge on any atom is -0.490 e. The average Bonchev–Trinajstić information content (AvgIpc) is 3.58. The third-order valence-electron chi connectivity index (χ3n) is 6.34. The summed E-state index contributed by atoms with van der Waals surface area (Å²) in [5, 5.41) is 2.82. The number of nitrogens with one attached hydrogen (secondary N) is 1. The zero-order chi connectivity index (χ0) is 27.6. The van der Waals surface area contributed by atoms with E-state index in [9.17, 15) is 13.6 Å². The summed E-state index contributed by atoms with van der Waals surface area (Å²) in [6.07, 6.45) is 2.07. The fraction of sp³-hybridized carbons (Fsp3) is 0.481. The molecule has 2 aliphatic rings. The Hall–Kier alpha value is -3.80. The van der Waals surface area contributed by atoms with Gasteiger partial charge in [-0.05, 0) is 45.4 Å². The van der Waals surface area contributed by atoms with Crippen LogP contribution < -0.4 is 14.8 Å². The normalized spacial score (nSPS) is 19.4. The minimum absolute atomic E-state index is 0.124. The minimum atomic E-state index is -1.09. The summed E-state index contributed by atoms with van der Waals surface area (Å²) in [6, 6.07) is 6.12. The molecule has 0 saturated carbocycles. The molecule has 2 atom stereocenters. The number of carbonyl (C=O) groups is 1. The maximum absolute atomic E-state index is 14.9. The molecule has 0 unspecified atom stereocenters. The summed E-state index contributed by atoms with van der Waals surface area (Å²) >= 11 is 0. The van der Waals surface area contributed by atoms with Crippen LogP contribution in [0.25, 0.3) is 11.0 Å². The van der Waals surface area contributed by atoms with Crippen LogP contribution in [-0.4, -0.2) is 70.6 Å². The van der Waals surface area contributed by atoms with E-state index >= 15 is 0 Å². The third kappa shape index (κ3) is 6.44. The SMILES string of the molecule is CC(C)(C)OC(=O)N1CC[C@H](Oc2ccc3ncnc(Nc4ccc(OC[C@@H]5CCOC5)c(F)c4F)c3n2)C1. The van der Waals surface area contributed by atoms with Gasteiger partial charge >= 0.3 is 6.09 Å². The largest absolute Gasteiger partial charge is 0.490 e. The topological polar surface area (TPSA) is 108 Å². The van der Waals surface area contributed by atoms with Crippen molar-refractivity contribution in [3.05, 3.63) is 42.2 Å². The maximum Gasteiger partial charge on any atom is 0.410 e. The monoisotopic (exact) mass is 543 g/mol. The van der Waals surface area contributed by atoms with E-state index in [0.29, 0.717) is 49.6 Å². The lowest BCUT2D eigenvalue weighted by Crippen LogP contribution is -2.36. The summed E-state index contributed by atoms with van der Waals surface area (Å²) in [5.41, 5.74) is 0.0977. The lowest BCUT2D eigenvalue weighted by atomic mass is 10.1. The number of nitrogens with zero attached hydrogens (tertiary/aromatic N) is 4. The Kier molecular flexibility index (Phi) is 7.65. The van der Waals surface area contributed by atoms with Gasteiger partial charge in [-0.1, -0.05) is 0 Å². The number of halogens is 2. The Morgan fingerprint density at radius 2 is 2.00 bits per heavy atom. The van der Waals surface area contributed by atoms with Crippen LogP contribution in [0.5, 0.6) is 11.6 Å². The van der Waals surface area contributed by atoms with Crippen LogP contribution >= 0.6 is 0 Å². The molecule has 0 aliphatic carbocycles. The van der Waals surface area contributed by atoms with Crippen LogP contribution in [0.15, 0.2) is 30.6 Å². The molecule has 2 aliphatic heterocycles. The first-order valence-electron chi connectivity index (χ1n) is 12.9. The lowest BCUT2D eigenvalue weighted by molar-refractivity contribution is 0.0275. The number of aromatic nitrogens is 3. The van der Waals surface area contributed by atoms with E-state index in [1.807, 2.05) is 20.8 Å². The number of hydrogen-bond donors (Lipinski definition) is 1. The lowest BCUT2D eigenvalue weighted by Gasteiger charge is -2.24. The molecule has 2 aromatic heterocycles. The van der Waals surface area contributed by atoms with Crippen LogP contribution in [0, 0.1) is 17.6 Å². The van der Waals surface area contributed by atoms with Crippen molar-refractivity contribution in [2.24, 2.45) is 5.92 Å². The molecule has 1 amide bonds. The van der Waals surface area contributed by atoms with Crippen molar-refractivity contribution < 1.29 is 32.5 Å². The Morgan fingerprint density at radius 3 is 2.77 bits per heavy atom. The number of benzene rings is 1. The van der Waals surface area contributed by atoms with Crippen molar-refractivity contribution in [2.45, 2.75) is 45.3 Å². The van der Waals surface area contributed by atoms with Gasteiger partial charge in [0.2, 0.25) is 11.7 Å². The molecular weight excluding hydrogens is 512 g/mol. The first-order valence-corrected chi connectivity index (χ1v) is 12.9. The standard InChI is InChI=1S/C27H31F2N5O5/c1-27(2,3)39-26(35)34-10-8-17(12-34)38-21-7-5-19-24(33-21)25(31-15-30-19)32-18-4-6-20(23(29)22(18)28)37-14-16-9-11-36-13-16/h4-7,15-17H,8-14H2,1-3H3,(H,30,31,32)/t16-,17+/m1/s1. The molecule has 1 N–H and O–H groups in total. The van der Waals surface area contributed by atoms with Crippen molar-refractivity contribution in [3.63, 3.8) is 0 Å². The quantitative estimate of drug-likeness (QED) is 0.447. The van der Waals surface area contributed by atoms with E-state index in [1.165, 1.54) is 18.5 Å². The number of ether oxygens (including phenoxy) is 4. The zero-order valence-electron chi connectivity index (χ0n) is 22.1. The van der Waals surface area contributed by atoms with Crippen molar-refractivity contribution in [2.75, 3.05) is 38.2 Å². The first-order chi connectivity index (χ1) is 18.7. The third-order valence-corrected chi connectivity index (χ3v) is 6.34. The maximum atomic E-state index is 14.9. The van der Waals surface area contributed by atoms with Crippen molar-refractivity contribution >= 4 is 28.6 Å². The highest BCUT2D eigenvalue weighted by molar-refractivity contribution is 5.87.